The summed E-state index contributed by atoms with van der Waals surface area (Å²) in [6, 6.07) is 7.97. The van der Waals surface area contributed by atoms with E-state index in [2.05, 4.69) is 19.9 Å². The fourth-order valence-electron chi connectivity index (χ4n) is 2.84. The molecular formula is C15H21NO2. The van der Waals surface area contributed by atoms with Gasteiger partial charge in [-0.25, -0.2) is 4.79 Å². The first kappa shape index (κ1) is 13.1. The van der Waals surface area contributed by atoms with Crippen LogP contribution in [0.5, 0.6) is 0 Å². The molecule has 2 atom stereocenters. The second kappa shape index (κ2) is 4.73. The number of carbonyl (C=O) groups excluding carboxylic acids is 1. The molecule has 1 aromatic carbocycles. The van der Waals surface area contributed by atoms with Crippen LogP contribution in [0.2, 0.25) is 0 Å². The third-order valence-electron chi connectivity index (χ3n) is 3.83. The van der Waals surface area contributed by atoms with E-state index in [-0.39, 0.29) is 5.97 Å². The molecular weight excluding hydrogens is 226 g/mol. The van der Waals surface area contributed by atoms with Crippen molar-refractivity contribution in [1.82, 2.24) is 0 Å². The molecule has 0 amide bonds. The molecule has 3 nitrogen and oxygen atoms in total. The van der Waals surface area contributed by atoms with E-state index in [4.69, 9.17) is 10.5 Å². The number of nitrogens with two attached hydrogens (primary N) is 1. The van der Waals surface area contributed by atoms with E-state index < -0.39 is 5.54 Å². The predicted molar refractivity (Wildman–Crippen MR) is 71.1 cm³/mol. The Labute approximate surface area is 108 Å². The normalized spacial score (nSPS) is 26.2. The Bertz CT molecular complexity index is 456. The molecule has 0 saturated heterocycles. The first-order valence-corrected chi connectivity index (χ1v) is 6.56. The Kier molecular flexibility index (Phi) is 3.44. The number of ether oxygens (including phenoxy) is 1. The van der Waals surface area contributed by atoms with E-state index in [1.807, 2.05) is 25.1 Å². The molecule has 0 aromatic heterocycles. The lowest BCUT2D eigenvalue weighted by atomic mass is 9.88. The van der Waals surface area contributed by atoms with Crippen LogP contribution < -0.4 is 5.73 Å². The molecule has 98 valence electrons. The summed E-state index contributed by atoms with van der Waals surface area (Å²) in [6.45, 7) is 6.50. The number of hydrogen-bond donors (Lipinski definition) is 1. The molecule has 0 aliphatic heterocycles. The van der Waals surface area contributed by atoms with Crippen LogP contribution in [0.3, 0.4) is 0 Å². The lowest BCUT2D eigenvalue weighted by molar-refractivity contribution is -0.150. The van der Waals surface area contributed by atoms with E-state index >= 15 is 0 Å². The molecule has 2 rings (SSSR count). The molecule has 0 saturated carbocycles. The molecule has 1 aromatic rings. The average Bonchev–Trinajstić information content (AvgIpc) is 2.66. The summed E-state index contributed by atoms with van der Waals surface area (Å²) in [7, 11) is 0. The maximum absolute atomic E-state index is 12.2. The van der Waals surface area contributed by atoms with Crippen LogP contribution >= 0.6 is 0 Å². The van der Waals surface area contributed by atoms with Crippen molar-refractivity contribution >= 4 is 5.97 Å². The standard InChI is InChI=1S/C15H21NO2/c1-4-18-14(17)15(16)9-12(10(2)3)11-7-5-6-8-13(11)15/h5-8,10,12H,4,9,16H2,1-3H3. The molecule has 0 bridgehead atoms. The average molecular weight is 247 g/mol. The number of benzene rings is 1. The molecule has 2 N–H and O–H groups in total. The minimum absolute atomic E-state index is 0.305. The van der Waals surface area contributed by atoms with Gasteiger partial charge in [-0.2, -0.15) is 0 Å². The third kappa shape index (κ3) is 1.93. The molecule has 0 heterocycles. The van der Waals surface area contributed by atoms with E-state index in [9.17, 15) is 4.79 Å². The highest BCUT2D eigenvalue weighted by atomic mass is 16.5. The molecule has 2 unspecified atom stereocenters. The van der Waals surface area contributed by atoms with Crippen molar-refractivity contribution in [1.29, 1.82) is 0 Å². The monoisotopic (exact) mass is 247 g/mol. The molecule has 18 heavy (non-hydrogen) atoms. The highest BCUT2D eigenvalue weighted by Gasteiger charge is 2.48. The van der Waals surface area contributed by atoms with E-state index in [1.54, 1.807) is 0 Å². The van der Waals surface area contributed by atoms with Crippen LogP contribution in [0, 0.1) is 5.92 Å². The van der Waals surface area contributed by atoms with Gasteiger partial charge in [0.25, 0.3) is 0 Å². The lowest BCUT2D eigenvalue weighted by Crippen LogP contribution is -2.44. The van der Waals surface area contributed by atoms with Gasteiger partial charge >= 0.3 is 5.97 Å². The number of hydrogen-bond acceptors (Lipinski definition) is 3. The molecule has 3 heteroatoms. The maximum atomic E-state index is 12.2. The highest BCUT2D eigenvalue weighted by molar-refractivity contribution is 5.84. The van der Waals surface area contributed by atoms with Crippen LogP contribution in [0.4, 0.5) is 0 Å². The summed E-state index contributed by atoms with van der Waals surface area (Å²) < 4.78 is 5.15. The Hall–Kier alpha value is -1.35. The van der Waals surface area contributed by atoms with Gasteiger partial charge in [-0.1, -0.05) is 38.1 Å². The number of rotatable bonds is 3. The van der Waals surface area contributed by atoms with E-state index in [0.717, 1.165) is 5.56 Å². The van der Waals surface area contributed by atoms with Gasteiger partial charge in [-0.15, -0.1) is 0 Å². The summed E-state index contributed by atoms with van der Waals surface area (Å²) in [5.74, 6) is 0.488. The van der Waals surface area contributed by atoms with Gasteiger partial charge in [-0.05, 0) is 36.3 Å². The smallest absolute Gasteiger partial charge is 0.330 e. The van der Waals surface area contributed by atoms with Gasteiger partial charge in [0.05, 0.1) is 6.61 Å². The summed E-state index contributed by atoms with van der Waals surface area (Å²) >= 11 is 0. The van der Waals surface area contributed by atoms with Crippen molar-refractivity contribution in [2.75, 3.05) is 6.61 Å². The number of fused-ring (bicyclic) bond motifs is 1. The van der Waals surface area contributed by atoms with Crippen molar-refractivity contribution < 1.29 is 9.53 Å². The number of esters is 1. The topological polar surface area (TPSA) is 52.3 Å². The molecule has 1 aliphatic rings. The fourth-order valence-corrected chi connectivity index (χ4v) is 2.84. The lowest BCUT2D eigenvalue weighted by Gasteiger charge is -2.23. The van der Waals surface area contributed by atoms with E-state index in [0.29, 0.717) is 24.9 Å². The van der Waals surface area contributed by atoms with Crippen molar-refractivity contribution in [2.24, 2.45) is 11.7 Å². The highest BCUT2D eigenvalue weighted by Crippen LogP contribution is 2.46. The molecule has 0 radical (unpaired) electrons. The third-order valence-corrected chi connectivity index (χ3v) is 3.83. The first-order valence-electron chi connectivity index (χ1n) is 6.56. The van der Waals surface area contributed by atoms with Crippen molar-refractivity contribution in [2.45, 2.75) is 38.6 Å². The largest absolute Gasteiger partial charge is 0.464 e. The van der Waals surface area contributed by atoms with Gasteiger partial charge in [-0.3, -0.25) is 0 Å². The van der Waals surface area contributed by atoms with Gasteiger partial charge in [0.1, 0.15) is 5.54 Å². The van der Waals surface area contributed by atoms with Gasteiger partial charge in [0, 0.05) is 0 Å². The molecule has 0 spiro atoms. The van der Waals surface area contributed by atoms with Gasteiger partial charge in [0.2, 0.25) is 0 Å². The maximum Gasteiger partial charge on any atom is 0.330 e. The second-order valence-electron chi connectivity index (χ2n) is 5.33. The summed E-state index contributed by atoms with van der Waals surface area (Å²) in [4.78, 5) is 12.2. The van der Waals surface area contributed by atoms with Gasteiger partial charge in [0.15, 0.2) is 0 Å². The summed E-state index contributed by atoms with van der Waals surface area (Å²) in [6.07, 6.45) is 0.642. The summed E-state index contributed by atoms with van der Waals surface area (Å²) in [5.41, 5.74) is 7.51. The SMILES string of the molecule is CCOC(=O)C1(N)CC(C(C)C)c2ccccc21. The van der Waals surface area contributed by atoms with Crippen LogP contribution in [-0.2, 0) is 15.1 Å². The number of carbonyl (C=O) groups is 1. The summed E-state index contributed by atoms with van der Waals surface area (Å²) in [5, 5.41) is 0. The quantitative estimate of drug-likeness (QED) is 0.835. The zero-order valence-electron chi connectivity index (χ0n) is 11.3. The van der Waals surface area contributed by atoms with Crippen LogP contribution in [0.15, 0.2) is 24.3 Å². The zero-order chi connectivity index (χ0) is 13.3. The Morgan fingerprint density at radius 1 is 1.50 bits per heavy atom. The molecule has 0 fully saturated rings. The fraction of sp³-hybridized carbons (Fsp3) is 0.533. The van der Waals surface area contributed by atoms with Crippen LogP contribution in [-0.4, -0.2) is 12.6 Å². The first-order chi connectivity index (χ1) is 8.50. The predicted octanol–water partition coefficient (Wildman–Crippen LogP) is 2.55. The second-order valence-corrected chi connectivity index (χ2v) is 5.33. The van der Waals surface area contributed by atoms with Crippen LogP contribution in [0.25, 0.3) is 0 Å². The van der Waals surface area contributed by atoms with Crippen molar-refractivity contribution in [3.05, 3.63) is 35.4 Å². The van der Waals surface area contributed by atoms with Gasteiger partial charge < -0.3 is 10.5 Å². The minimum Gasteiger partial charge on any atom is -0.464 e. The van der Waals surface area contributed by atoms with Crippen molar-refractivity contribution in [3.8, 4) is 0 Å². The van der Waals surface area contributed by atoms with Crippen molar-refractivity contribution in [3.63, 3.8) is 0 Å². The molecule has 1 aliphatic carbocycles. The minimum atomic E-state index is -0.971. The zero-order valence-corrected chi connectivity index (χ0v) is 11.3. The Balaban J connectivity index is 2.44. The van der Waals surface area contributed by atoms with Crippen LogP contribution in [0.1, 0.15) is 44.2 Å². The Morgan fingerprint density at radius 3 is 2.78 bits per heavy atom. The van der Waals surface area contributed by atoms with E-state index in [1.165, 1.54) is 5.56 Å². The Morgan fingerprint density at radius 2 is 2.17 bits per heavy atom.